The number of ether oxygens (including phenoxy) is 3. The van der Waals surface area contributed by atoms with E-state index in [1.807, 2.05) is 6.07 Å². The van der Waals surface area contributed by atoms with Crippen molar-refractivity contribution in [3.63, 3.8) is 0 Å². The van der Waals surface area contributed by atoms with Crippen molar-refractivity contribution in [1.29, 1.82) is 5.26 Å². The van der Waals surface area contributed by atoms with Gasteiger partial charge in [-0.1, -0.05) is 41.6 Å². The van der Waals surface area contributed by atoms with Gasteiger partial charge in [-0.3, -0.25) is 0 Å². The Labute approximate surface area is 173 Å². The lowest BCUT2D eigenvalue weighted by molar-refractivity contribution is -0.141. The van der Waals surface area contributed by atoms with Gasteiger partial charge in [-0.2, -0.15) is 5.26 Å². The second-order valence-electron chi connectivity index (χ2n) is 5.82. The van der Waals surface area contributed by atoms with Crippen molar-refractivity contribution in [3.8, 4) is 11.8 Å². The standard InChI is InChI=1S/C22H20N2O6/c1-15(25)30-24-20(14-29-21-11-7-4-8-16(21)12-23)18-10-6-5-9-17(18)19(13-27-2)22(26)28-3/h4-11,13H,14H2,1-3H3/b19-13+,24-20-. The molecule has 0 amide bonds. The Hall–Kier alpha value is -4.12. The number of carbonyl (C=O) groups excluding carboxylic acids is 2. The lowest BCUT2D eigenvalue weighted by atomic mass is 9.97. The van der Waals surface area contributed by atoms with E-state index in [9.17, 15) is 14.9 Å². The smallest absolute Gasteiger partial charge is 0.341 e. The number of oxime groups is 1. The third-order valence-corrected chi connectivity index (χ3v) is 3.83. The maximum Gasteiger partial charge on any atom is 0.341 e. The number of nitrogens with zero attached hydrogens (tertiary/aromatic N) is 2. The van der Waals surface area contributed by atoms with Gasteiger partial charge in [0.2, 0.25) is 0 Å². The van der Waals surface area contributed by atoms with E-state index in [2.05, 4.69) is 5.16 Å². The second-order valence-corrected chi connectivity index (χ2v) is 5.82. The number of esters is 1. The fraction of sp³-hybridized carbons (Fsp3) is 0.182. The summed E-state index contributed by atoms with van der Waals surface area (Å²) in [6, 6.07) is 15.5. The van der Waals surface area contributed by atoms with Crippen LogP contribution in [0.4, 0.5) is 0 Å². The van der Waals surface area contributed by atoms with Gasteiger partial charge < -0.3 is 19.0 Å². The van der Waals surface area contributed by atoms with Gasteiger partial charge in [0.25, 0.3) is 0 Å². The zero-order chi connectivity index (χ0) is 21.9. The van der Waals surface area contributed by atoms with Gasteiger partial charge in [0, 0.05) is 18.1 Å². The first kappa shape index (κ1) is 22.2. The van der Waals surface area contributed by atoms with Crippen LogP contribution >= 0.6 is 0 Å². The third-order valence-electron chi connectivity index (χ3n) is 3.83. The van der Waals surface area contributed by atoms with Crippen molar-refractivity contribution in [2.24, 2.45) is 5.16 Å². The topological polar surface area (TPSA) is 107 Å². The second kappa shape index (κ2) is 11.0. The summed E-state index contributed by atoms with van der Waals surface area (Å²) >= 11 is 0. The minimum Gasteiger partial charge on any atom is -0.503 e. The van der Waals surface area contributed by atoms with Crippen LogP contribution < -0.4 is 4.74 Å². The summed E-state index contributed by atoms with van der Waals surface area (Å²) in [6.45, 7) is 1.08. The van der Waals surface area contributed by atoms with Crippen LogP contribution in [0.1, 0.15) is 23.6 Å². The summed E-state index contributed by atoms with van der Waals surface area (Å²) in [4.78, 5) is 28.4. The lowest BCUT2D eigenvalue weighted by Crippen LogP contribution is -2.18. The van der Waals surface area contributed by atoms with Crippen molar-refractivity contribution in [2.45, 2.75) is 6.92 Å². The summed E-state index contributed by atoms with van der Waals surface area (Å²) in [7, 11) is 2.66. The highest BCUT2D eigenvalue weighted by atomic mass is 16.7. The first-order valence-corrected chi connectivity index (χ1v) is 8.79. The van der Waals surface area contributed by atoms with E-state index in [1.54, 1.807) is 48.5 Å². The highest BCUT2D eigenvalue weighted by molar-refractivity contribution is 6.20. The van der Waals surface area contributed by atoms with Gasteiger partial charge in [-0.05, 0) is 12.1 Å². The van der Waals surface area contributed by atoms with Crippen molar-refractivity contribution in [1.82, 2.24) is 0 Å². The van der Waals surface area contributed by atoms with Gasteiger partial charge in [0.05, 0.1) is 26.0 Å². The van der Waals surface area contributed by atoms with Gasteiger partial charge in [0.15, 0.2) is 0 Å². The summed E-state index contributed by atoms with van der Waals surface area (Å²) in [5, 5.41) is 13.1. The Morgan fingerprint density at radius 2 is 1.73 bits per heavy atom. The number of rotatable bonds is 8. The first-order chi connectivity index (χ1) is 14.5. The minimum atomic E-state index is -0.622. The Bertz CT molecular complexity index is 1020. The van der Waals surface area contributed by atoms with E-state index < -0.39 is 11.9 Å². The molecule has 0 unspecified atom stereocenters. The average molecular weight is 408 g/mol. The fourth-order valence-electron chi connectivity index (χ4n) is 2.52. The molecule has 0 aliphatic carbocycles. The zero-order valence-electron chi connectivity index (χ0n) is 16.7. The SMILES string of the molecule is CO/C=C(/C(=O)OC)c1ccccc1/C(COc1ccccc1C#N)=N\OC(C)=O. The van der Waals surface area contributed by atoms with Crippen LogP contribution in [0.15, 0.2) is 59.9 Å². The predicted molar refractivity (Wildman–Crippen MR) is 108 cm³/mol. The molecule has 0 spiro atoms. The number of benzene rings is 2. The molecule has 0 aromatic heterocycles. The Kier molecular flexibility index (Phi) is 8.15. The van der Waals surface area contributed by atoms with Crippen LogP contribution in [-0.2, 0) is 23.9 Å². The molecule has 154 valence electrons. The zero-order valence-corrected chi connectivity index (χ0v) is 16.7. The van der Waals surface area contributed by atoms with E-state index in [4.69, 9.17) is 19.0 Å². The highest BCUT2D eigenvalue weighted by Gasteiger charge is 2.20. The molecule has 2 aromatic rings. The van der Waals surface area contributed by atoms with Crippen molar-refractivity contribution in [2.75, 3.05) is 20.8 Å². The molecule has 30 heavy (non-hydrogen) atoms. The maximum atomic E-state index is 12.2. The number of methoxy groups -OCH3 is 2. The lowest BCUT2D eigenvalue weighted by Gasteiger charge is -2.14. The normalized spacial score (nSPS) is 11.3. The van der Waals surface area contributed by atoms with E-state index in [0.29, 0.717) is 22.4 Å². The van der Waals surface area contributed by atoms with Crippen LogP contribution in [0.3, 0.4) is 0 Å². The van der Waals surface area contributed by atoms with Crippen LogP contribution in [0.5, 0.6) is 5.75 Å². The molecule has 0 saturated carbocycles. The summed E-state index contributed by atoms with van der Waals surface area (Å²) in [6.07, 6.45) is 1.25. The van der Waals surface area contributed by atoms with Crippen LogP contribution in [-0.4, -0.2) is 38.5 Å². The van der Waals surface area contributed by atoms with Crippen LogP contribution in [0.2, 0.25) is 0 Å². The molecule has 8 nitrogen and oxygen atoms in total. The number of hydrogen-bond acceptors (Lipinski definition) is 8. The van der Waals surface area contributed by atoms with Crippen LogP contribution in [0, 0.1) is 11.3 Å². The summed E-state index contributed by atoms with van der Waals surface area (Å²) in [5.74, 6) is -0.899. The predicted octanol–water partition coefficient (Wildman–Crippen LogP) is 3.06. The monoisotopic (exact) mass is 408 g/mol. The van der Waals surface area contributed by atoms with Crippen molar-refractivity contribution in [3.05, 3.63) is 71.5 Å². The Morgan fingerprint density at radius 1 is 1.07 bits per heavy atom. The quantitative estimate of drug-likeness (QED) is 0.165. The van der Waals surface area contributed by atoms with E-state index >= 15 is 0 Å². The minimum absolute atomic E-state index is 0.135. The fourth-order valence-corrected chi connectivity index (χ4v) is 2.52. The van der Waals surface area contributed by atoms with Crippen LogP contribution in [0.25, 0.3) is 5.57 Å². The maximum absolute atomic E-state index is 12.2. The number of hydrogen-bond donors (Lipinski definition) is 0. The molecule has 0 aliphatic rings. The molecule has 8 heteroatoms. The number of carbonyl (C=O) groups is 2. The van der Waals surface area contributed by atoms with E-state index in [0.717, 1.165) is 0 Å². The van der Waals surface area contributed by atoms with Gasteiger partial charge >= 0.3 is 11.9 Å². The molecule has 0 heterocycles. The van der Waals surface area contributed by atoms with Crippen molar-refractivity contribution >= 4 is 23.2 Å². The molecular formula is C22H20N2O6. The average Bonchev–Trinajstić information content (AvgIpc) is 2.77. The van der Waals surface area contributed by atoms with E-state index in [-0.39, 0.29) is 17.9 Å². The summed E-state index contributed by atoms with van der Waals surface area (Å²) in [5.41, 5.74) is 1.60. The molecule has 0 aliphatic heterocycles. The Balaban J connectivity index is 2.49. The molecule has 2 rings (SSSR count). The Morgan fingerprint density at radius 3 is 2.37 bits per heavy atom. The first-order valence-electron chi connectivity index (χ1n) is 8.79. The largest absolute Gasteiger partial charge is 0.503 e. The number of nitriles is 1. The summed E-state index contributed by atoms with van der Waals surface area (Å²) < 4.78 is 15.6. The third kappa shape index (κ3) is 5.69. The van der Waals surface area contributed by atoms with E-state index in [1.165, 1.54) is 27.4 Å². The molecular weight excluding hydrogens is 388 g/mol. The molecule has 0 atom stereocenters. The van der Waals surface area contributed by atoms with Gasteiger partial charge in [0.1, 0.15) is 29.7 Å². The van der Waals surface area contributed by atoms with Gasteiger partial charge in [-0.15, -0.1) is 0 Å². The van der Waals surface area contributed by atoms with Gasteiger partial charge in [-0.25, -0.2) is 9.59 Å². The number of para-hydroxylation sites is 1. The molecule has 0 fully saturated rings. The molecule has 0 radical (unpaired) electrons. The molecule has 2 aromatic carbocycles. The molecule has 0 saturated heterocycles. The molecule has 0 bridgehead atoms. The molecule has 0 N–H and O–H groups in total. The highest BCUT2D eigenvalue weighted by Crippen LogP contribution is 2.23. The van der Waals surface area contributed by atoms with Crippen molar-refractivity contribution < 1.29 is 28.6 Å².